The van der Waals surface area contributed by atoms with E-state index in [1.807, 2.05) is 0 Å². The number of carboxylic acid groups (broad SMARTS) is 1. The quantitative estimate of drug-likeness (QED) is 0.786. The highest BCUT2D eigenvalue weighted by Crippen LogP contribution is 2.14. The zero-order valence-electron chi connectivity index (χ0n) is 8.80. The molecule has 1 rings (SSSR count). The van der Waals surface area contributed by atoms with Crippen LogP contribution < -0.4 is 0 Å². The molecule has 1 N–H and O–H groups in total. The van der Waals surface area contributed by atoms with Crippen LogP contribution >= 0.6 is 0 Å². The van der Waals surface area contributed by atoms with E-state index in [0.29, 0.717) is 0 Å². The Kier molecular flexibility index (Phi) is 4.37. The summed E-state index contributed by atoms with van der Waals surface area (Å²) in [6, 6.07) is 2.22. The van der Waals surface area contributed by atoms with Gasteiger partial charge in [0.2, 0.25) is 0 Å². The minimum absolute atomic E-state index is 0.0473. The summed E-state index contributed by atoms with van der Waals surface area (Å²) < 4.78 is 31.1. The summed E-state index contributed by atoms with van der Waals surface area (Å²) in [5.41, 5.74) is 0.432. The zero-order chi connectivity index (χ0) is 12.1. The monoisotopic (exact) mass is 230 g/mol. The molecular formula is C11H12F2O3. The maximum absolute atomic E-state index is 13.3. The molecule has 0 saturated heterocycles. The van der Waals surface area contributed by atoms with Gasteiger partial charge in [-0.2, -0.15) is 0 Å². The fourth-order valence-electron chi connectivity index (χ4n) is 1.22. The topological polar surface area (TPSA) is 46.5 Å². The van der Waals surface area contributed by atoms with Gasteiger partial charge in [0.25, 0.3) is 0 Å². The fourth-order valence-corrected chi connectivity index (χ4v) is 1.22. The molecule has 0 aromatic heterocycles. The van der Waals surface area contributed by atoms with Crippen LogP contribution in [0.1, 0.15) is 11.1 Å². The SMILES string of the molecule is Cc1cc(F)c(CCOCC(=O)O)cc1F. The lowest BCUT2D eigenvalue weighted by Crippen LogP contribution is -2.09. The molecule has 0 aliphatic rings. The van der Waals surface area contributed by atoms with Crippen LogP contribution in [0.15, 0.2) is 12.1 Å². The van der Waals surface area contributed by atoms with Gasteiger partial charge in [0, 0.05) is 0 Å². The molecule has 1 aromatic carbocycles. The third-order valence-electron chi connectivity index (χ3n) is 2.07. The number of hydrogen-bond donors (Lipinski definition) is 1. The van der Waals surface area contributed by atoms with Gasteiger partial charge in [-0.1, -0.05) is 0 Å². The lowest BCUT2D eigenvalue weighted by atomic mass is 10.1. The van der Waals surface area contributed by atoms with E-state index in [1.165, 1.54) is 6.92 Å². The van der Waals surface area contributed by atoms with Gasteiger partial charge in [-0.25, -0.2) is 13.6 Å². The van der Waals surface area contributed by atoms with Gasteiger partial charge in [0.15, 0.2) is 0 Å². The van der Waals surface area contributed by atoms with Crippen LogP contribution in [-0.4, -0.2) is 24.3 Å². The molecule has 0 atom stereocenters. The number of aliphatic carboxylic acids is 1. The minimum Gasteiger partial charge on any atom is -0.480 e. The maximum atomic E-state index is 13.3. The van der Waals surface area contributed by atoms with Crippen molar-refractivity contribution >= 4 is 5.97 Å². The van der Waals surface area contributed by atoms with E-state index < -0.39 is 24.2 Å². The van der Waals surface area contributed by atoms with E-state index in [9.17, 15) is 13.6 Å². The Balaban J connectivity index is 2.54. The van der Waals surface area contributed by atoms with Crippen LogP contribution in [0.5, 0.6) is 0 Å². The first kappa shape index (κ1) is 12.6. The van der Waals surface area contributed by atoms with Crippen LogP contribution in [-0.2, 0) is 16.0 Å². The van der Waals surface area contributed by atoms with Crippen molar-refractivity contribution in [2.75, 3.05) is 13.2 Å². The molecule has 3 nitrogen and oxygen atoms in total. The van der Waals surface area contributed by atoms with Crippen LogP contribution in [0, 0.1) is 18.6 Å². The second-order valence-electron chi connectivity index (χ2n) is 3.39. The first-order chi connectivity index (χ1) is 7.50. The lowest BCUT2D eigenvalue weighted by Gasteiger charge is -2.05. The van der Waals surface area contributed by atoms with Crippen LogP contribution in [0.3, 0.4) is 0 Å². The number of hydrogen-bond acceptors (Lipinski definition) is 2. The zero-order valence-corrected chi connectivity index (χ0v) is 8.80. The highest BCUT2D eigenvalue weighted by molar-refractivity contribution is 5.67. The Morgan fingerprint density at radius 1 is 1.38 bits per heavy atom. The van der Waals surface area contributed by atoms with Crippen LogP contribution in [0.4, 0.5) is 8.78 Å². The molecule has 0 heterocycles. The van der Waals surface area contributed by atoms with Gasteiger partial charge in [-0.3, -0.25) is 0 Å². The standard InChI is InChI=1S/C11H12F2O3/c1-7-4-10(13)8(5-9(7)12)2-3-16-6-11(14)15/h4-5H,2-3,6H2,1H3,(H,14,15). The number of aryl methyl sites for hydroxylation is 1. The smallest absolute Gasteiger partial charge is 0.329 e. The molecule has 0 fully saturated rings. The molecule has 0 radical (unpaired) electrons. The third-order valence-corrected chi connectivity index (χ3v) is 2.07. The molecular weight excluding hydrogens is 218 g/mol. The van der Waals surface area contributed by atoms with Gasteiger partial charge in [-0.05, 0) is 36.6 Å². The predicted octanol–water partition coefficient (Wildman–Crippen LogP) is 1.92. The Morgan fingerprint density at radius 3 is 2.69 bits per heavy atom. The molecule has 1 aromatic rings. The van der Waals surface area contributed by atoms with E-state index in [-0.39, 0.29) is 24.2 Å². The van der Waals surface area contributed by atoms with Crippen molar-refractivity contribution in [3.63, 3.8) is 0 Å². The number of carboxylic acids is 1. The molecule has 0 spiro atoms. The molecule has 5 heteroatoms. The number of ether oxygens (including phenoxy) is 1. The van der Waals surface area contributed by atoms with Crippen molar-refractivity contribution in [1.29, 1.82) is 0 Å². The third kappa shape index (κ3) is 3.58. The summed E-state index contributed by atoms with van der Waals surface area (Å²) in [6.45, 7) is 1.09. The summed E-state index contributed by atoms with van der Waals surface area (Å²) >= 11 is 0. The predicted molar refractivity (Wildman–Crippen MR) is 53.3 cm³/mol. The largest absolute Gasteiger partial charge is 0.480 e. The van der Waals surface area contributed by atoms with E-state index in [4.69, 9.17) is 9.84 Å². The number of rotatable bonds is 5. The van der Waals surface area contributed by atoms with E-state index in [0.717, 1.165) is 12.1 Å². The van der Waals surface area contributed by atoms with Gasteiger partial charge in [0.1, 0.15) is 18.2 Å². The molecule has 0 aliphatic carbocycles. The van der Waals surface area contributed by atoms with Crippen LogP contribution in [0.25, 0.3) is 0 Å². The molecule has 0 bridgehead atoms. The Morgan fingerprint density at radius 2 is 2.06 bits per heavy atom. The average molecular weight is 230 g/mol. The Hall–Kier alpha value is -1.49. The molecule has 0 aliphatic heterocycles. The molecule has 0 amide bonds. The minimum atomic E-state index is -1.09. The highest BCUT2D eigenvalue weighted by atomic mass is 19.1. The lowest BCUT2D eigenvalue weighted by molar-refractivity contribution is -0.142. The van der Waals surface area contributed by atoms with Gasteiger partial charge >= 0.3 is 5.97 Å². The first-order valence-corrected chi connectivity index (χ1v) is 4.74. The molecule has 88 valence electrons. The normalized spacial score (nSPS) is 10.4. The van der Waals surface area contributed by atoms with Gasteiger partial charge in [-0.15, -0.1) is 0 Å². The van der Waals surface area contributed by atoms with E-state index >= 15 is 0 Å². The summed E-state index contributed by atoms with van der Waals surface area (Å²) in [7, 11) is 0. The van der Waals surface area contributed by atoms with Crippen molar-refractivity contribution in [3.05, 3.63) is 34.9 Å². The number of carbonyl (C=O) groups is 1. The van der Waals surface area contributed by atoms with Crippen molar-refractivity contribution < 1.29 is 23.4 Å². The summed E-state index contributed by atoms with van der Waals surface area (Å²) in [4.78, 5) is 10.1. The second-order valence-corrected chi connectivity index (χ2v) is 3.39. The highest BCUT2D eigenvalue weighted by Gasteiger charge is 2.07. The van der Waals surface area contributed by atoms with Crippen molar-refractivity contribution in [1.82, 2.24) is 0 Å². The maximum Gasteiger partial charge on any atom is 0.329 e. The van der Waals surface area contributed by atoms with E-state index in [2.05, 4.69) is 0 Å². The van der Waals surface area contributed by atoms with Gasteiger partial charge < -0.3 is 9.84 Å². The summed E-state index contributed by atoms with van der Waals surface area (Å²) in [5.74, 6) is -2.07. The van der Waals surface area contributed by atoms with Crippen molar-refractivity contribution in [3.8, 4) is 0 Å². The van der Waals surface area contributed by atoms with E-state index in [1.54, 1.807) is 0 Å². The number of halogens is 2. The second kappa shape index (κ2) is 5.55. The van der Waals surface area contributed by atoms with Crippen molar-refractivity contribution in [2.45, 2.75) is 13.3 Å². The molecule has 0 unspecified atom stereocenters. The summed E-state index contributed by atoms with van der Waals surface area (Å²) in [6.07, 6.45) is 0.149. The first-order valence-electron chi connectivity index (χ1n) is 4.74. The average Bonchev–Trinajstić information content (AvgIpc) is 2.19. The molecule has 0 saturated carbocycles. The number of benzene rings is 1. The van der Waals surface area contributed by atoms with Gasteiger partial charge in [0.05, 0.1) is 6.61 Å². The van der Waals surface area contributed by atoms with Crippen LogP contribution in [0.2, 0.25) is 0 Å². The van der Waals surface area contributed by atoms with Crippen molar-refractivity contribution in [2.24, 2.45) is 0 Å². The fraction of sp³-hybridized carbons (Fsp3) is 0.364. The Labute approximate surface area is 91.7 Å². The molecule has 16 heavy (non-hydrogen) atoms. The summed E-state index contributed by atoms with van der Waals surface area (Å²) in [5, 5.41) is 8.29. The Bertz CT molecular complexity index is 391.